The topological polar surface area (TPSA) is 55.2 Å². The summed E-state index contributed by atoms with van der Waals surface area (Å²) >= 11 is 0. The van der Waals surface area contributed by atoms with Crippen LogP contribution in [0.4, 0.5) is 5.69 Å². The average molecular weight is 296 g/mol. The van der Waals surface area contributed by atoms with Crippen LogP contribution in [0, 0.1) is 16.0 Å². The summed E-state index contributed by atoms with van der Waals surface area (Å²) in [6.45, 7) is 2.99. The van der Waals surface area contributed by atoms with Crippen LogP contribution in [0.25, 0.3) is 0 Å². The standard InChI is InChI=1S/C18H20N2O2/c1-13-7-8-15-9-10-16(20(21)22)11-17(15)18(13)19-12-14-5-3-2-4-6-14/h2-6,9-11,13,18-19H,7-8,12H2,1H3. The van der Waals surface area contributed by atoms with Gasteiger partial charge in [0.25, 0.3) is 5.69 Å². The van der Waals surface area contributed by atoms with E-state index in [2.05, 4.69) is 24.4 Å². The van der Waals surface area contributed by atoms with E-state index in [1.165, 1.54) is 11.1 Å². The third-order valence-electron chi connectivity index (χ3n) is 4.48. The summed E-state index contributed by atoms with van der Waals surface area (Å²) in [5, 5.41) is 14.6. The Morgan fingerprint density at radius 3 is 2.73 bits per heavy atom. The summed E-state index contributed by atoms with van der Waals surface area (Å²) in [5.74, 6) is 0.471. The molecule has 4 nitrogen and oxygen atoms in total. The van der Waals surface area contributed by atoms with Gasteiger partial charge in [-0.2, -0.15) is 0 Å². The highest BCUT2D eigenvalue weighted by molar-refractivity contribution is 5.43. The lowest BCUT2D eigenvalue weighted by atomic mass is 9.80. The Morgan fingerprint density at radius 2 is 2.00 bits per heavy atom. The maximum Gasteiger partial charge on any atom is 0.269 e. The molecule has 114 valence electrons. The van der Waals surface area contributed by atoms with Crippen molar-refractivity contribution in [2.24, 2.45) is 5.92 Å². The lowest BCUT2D eigenvalue weighted by molar-refractivity contribution is -0.385. The van der Waals surface area contributed by atoms with Gasteiger partial charge in [-0.25, -0.2) is 0 Å². The normalized spacial score (nSPS) is 20.4. The number of hydrogen-bond donors (Lipinski definition) is 1. The van der Waals surface area contributed by atoms with Crippen molar-refractivity contribution in [3.8, 4) is 0 Å². The second-order valence-electron chi connectivity index (χ2n) is 6.00. The van der Waals surface area contributed by atoms with Gasteiger partial charge >= 0.3 is 0 Å². The quantitative estimate of drug-likeness (QED) is 0.685. The first-order valence-corrected chi connectivity index (χ1v) is 7.69. The Hall–Kier alpha value is -2.20. The summed E-state index contributed by atoms with van der Waals surface area (Å²) in [6.07, 6.45) is 2.11. The fraction of sp³-hybridized carbons (Fsp3) is 0.333. The van der Waals surface area contributed by atoms with E-state index in [-0.39, 0.29) is 16.7 Å². The predicted octanol–water partition coefficient (Wildman–Crippen LogP) is 4.01. The van der Waals surface area contributed by atoms with Crippen molar-refractivity contribution in [1.29, 1.82) is 0 Å². The molecule has 0 aliphatic heterocycles. The zero-order valence-electron chi connectivity index (χ0n) is 12.7. The van der Waals surface area contributed by atoms with Gasteiger partial charge in [0, 0.05) is 24.7 Å². The van der Waals surface area contributed by atoms with Crippen LogP contribution < -0.4 is 5.32 Å². The minimum atomic E-state index is -0.312. The third-order valence-corrected chi connectivity index (χ3v) is 4.48. The number of benzene rings is 2. The number of fused-ring (bicyclic) bond motifs is 1. The van der Waals surface area contributed by atoms with Crippen LogP contribution >= 0.6 is 0 Å². The summed E-state index contributed by atoms with van der Waals surface area (Å²) in [7, 11) is 0. The van der Waals surface area contributed by atoms with Crippen molar-refractivity contribution >= 4 is 5.69 Å². The first-order valence-electron chi connectivity index (χ1n) is 7.69. The van der Waals surface area contributed by atoms with Crippen LogP contribution in [0.3, 0.4) is 0 Å². The third kappa shape index (κ3) is 3.02. The van der Waals surface area contributed by atoms with Crippen LogP contribution in [-0.4, -0.2) is 4.92 Å². The van der Waals surface area contributed by atoms with Gasteiger partial charge in [-0.05, 0) is 35.4 Å². The predicted molar refractivity (Wildman–Crippen MR) is 86.6 cm³/mol. The van der Waals surface area contributed by atoms with Gasteiger partial charge < -0.3 is 5.32 Å². The molecule has 0 aromatic heterocycles. The maximum atomic E-state index is 11.0. The van der Waals surface area contributed by atoms with Gasteiger partial charge in [-0.1, -0.05) is 43.3 Å². The van der Waals surface area contributed by atoms with E-state index in [1.54, 1.807) is 12.1 Å². The van der Waals surface area contributed by atoms with Crippen molar-refractivity contribution in [2.75, 3.05) is 0 Å². The van der Waals surface area contributed by atoms with Crippen molar-refractivity contribution in [1.82, 2.24) is 5.32 Å². The van der Waals surface area contributed by atoms with Gasteiger partial charge in [0.15, 0.2) is 0 Å². The van der Waals surface area contributed by atoms with Gasteiger partial charge in [-0.15, -0.1) is 0 Å². The minimum absolute atomic E-state index is 0.170. The average Bonchev–Trinajstić information content (AvgIpc) is 2.54. The molecule has 1 aliphatic carbocycles. The molecule has 4 heteroatoms. The van der Waals surface area contributed by atoms with Gasteiger partial charge in [0.1, 0.15) is 0 Å². The number of rotatable bonds is 4. The lowest BCUT2D eigenvalue weighted by Gasteiger charge is -2.32. The molecule has 0 radical (unpaired) electrons. The lowest BCUT2D eigenvalue weighted by Crippen LogP contribution is -2.30. The molecule has 0 saturated carbocycles. The largest absolute Gasteiger partial charge is 0.306 e. The zero-order valence-corrected chi connectivity index (χ0v) is 12.7. The van der Waals surface area contributed by atoms with E-state index in [0.29, 0.717) is 5.92 Å². The van der Waals surface area contributed by atoms with E-state index in [0.717, 1.165) is 24.9 Å². The molecule has 2 unspecified atom stereocenters. The van der Waals surface area contributed by atoms with Gasteiger partial charge in [0.05, 0.1) is 4.92 Å². The smallest absolute Gasteiger partial charge is 0.269 e. The molecule has 2 aromatic carbocycles. The molecule has 0 fully saturated rings. The summed E-state index contributed by atoms with van der Waals surface area (Å²) < 4.78 is 0. The van der Waals surface area contributed by atoms with Crippen LogP contribution in [0.2, 0.25) is 0 Å². The highest BCUT2D eigenvalue weighted by Crippen LogP contribution is 2.36. The number of non-ortho nitro benzene ring substituents is 1. The molecule has 22 heavy (non-hydrogen) atoms. The molecule has 0 saturated heterocycles. The van der Waals surface area contributed by atoms with Crippen molar-refractivity contribution in [2.45, 2.75) is 32.4 Å². The van der Waals surface area contributed by atoms with E-state index in [1.807, 2.05) is 24.3 Å². The Kier molecular flexibility index (Phi) is 4.20. The van der Waals surface area contributed by atoms with Gasteiger partial charge in [0.2, 0.25) is 0 Å². The Morgan fingerprint density at radius 1 is 1.23 bits per heavy atom. The number of aryl methyl sites for hydroxylation is 1. The molecule has 2 aromatic rings. The van der Waals surface area contributed by atoms with E-state index in [9.17, 15) is 10.1 Å². The van der Waals surface area contributed by atoms with Crippen molar-refractivity contribution < 1.29 is 4.92 Å². The molecule has 2 atom stereocenters. The highest BCUT2D eigenvalue weighted by Gasteiger charge is 2.27. The minimum Gasteiger partial charge on any atom is -0.306 e. The zero-order chi connectivity index (χ0) is 15.5. The molecule has 3 rings (SSSR count). The first kappa shape index (κ1) is 14.7. The number of hydrogen-bond acceptors (Lipinski definition) is 3. The van der Waals surface area contributed by atoms with E-state index >= 15 is 0 Å². The van der Waals surface area contributed by atoms with E-state index in [4.69, 9.17) is 0 Å². The molecule has 0 heterocycles. The highest BCUT2D eigenvalue weighted by atomic mass is 16.6. The van der Waals surface area contributed by atoms with Crippen LogP contribution in [0.5, 0.6) is 0 Å². The monoisotopic (exact) mass is 296 g/mol. The Bertz CT molecular complexity index is 670. The Balaban J connectivity index is 1.85. The fourth-order valence-corrected chi connectivity index (χ4v) is 3.20. The molecule has 0 bridgehead atoms. The molecular weight excluding hydrogens is 276 g/mol. The van der Waals surface area contributed by atoms with Crippen molar-refractivity contribution in [3.63, 3.8) is 0 Å². The van der Waals surface area contributed by atoms with Crippen LogP contribution in [0.1, 0.15) is 36.1 Å². The number of nitro groups is 1. The van der Waals surface area contributed by atoms with Gasteiger partial charge in [-0.3, -0.25) is 10.1 Å². The number of nitrogens with zero attached hydrogens (tertiary/aromatic N) is 1. The molecule has 0 amide bonds. The van der Waals surface area contributed by atoms with Crippen LogP contribution in [0.15, 0.2) is 48.5 Å². The second kappa shape index (κ2) is 6.28. The summed E-state index contributed by atoms with van der Waals surface area (Å²) in [4.78, 5) is 10.7. The maximum absolute atomic E-state index is 11.0. The Labute approximate surface area is 130 Å². The number of nitro benzene ring substituents is 1. The molecule has 1 aliphatic rings. The molecule has 0 spiro atoms. The molecule has 1 N–H and O–H groups in total. The SMILES string of the molecule is CC1CCc2ccc([N+](=O)[O-])cc2C1NCc1ccccc1. The van der Waals surface area contributed by atoms with Crippen LogP contribution in [-0.2, 0) is 13.0 Å². The summed E-state index contributed by atoms with van der Waals surface area (Å²) in [6, 6.07) is 15.7. The fourth-order valence-electron chi connectivity index (χ4n) is 3.20. The number of nitrogens with one attached hydrogen (secondary N) is 1. The second-order valence-corrected chi connectivity index (χ2v) is 6.00. The molecular formula is C18H20N2O2. The van der Waals surface area contributed by atoms with Crippen molar-refractivity contribution in [3.05, 3.63) is 75.3 Å². The van der Waals surface area contributed by atoms with E-state index < -0.39 is 0 Å². The first-order chi connectivity index (χ1) is 10.6. The summed E-state index contributed by atoms with van der Waals surface area (Å²) in [5.41, 5.74) is 3.73.